The van der Waals surface area contributed by atoms with E-state index in [9.17, 15) is 9.90 Å². The zero-order chi connectivity index (χ0) is 15.2. The summed E-state index contributed by atoms with van der Waals surface area (Å²) in [6.45, 7) is 2.26. The van der Waals surface area contributed by atoms with Crippen molar-refractivity contribution in [1.29, 1.82) is 0 Å². The van der Waals surface area contributed by atoms with Gasteiger partial charge in [-0.2, -0.15) is 0 Å². The van der Waals surface area contributed by atoms with E-state index in [4.69, 9.17) is 9.15 Å². The van der Waals surface area contributed by atoms with Crippen LogP contribution in [-0.4, -0.2) is 36.2 Å². The van der Waals surface area contributed by atoms with Gasteiger partial charge in [-0.1, -0.05) is 18.2 Å². The van der Waals surface area contributed by atoms with Crippen LogP contribution in [0.4, 0.5) is 0 Å². The molecule has 21 heavy (non-hydrogen) atoms. The smallest absolute Gasteiger partial charge is 0.257 e. The summed E-state index contributed by atoms with van der Waals surface area (Å²) in [6, 6.07) is 9.16. The number of carbonyl (C=O) groups is 1. The van der Waals surface area contributed by atoms with Gasteiger partial charge < -0.3 is 19.2 Å². The molecule has 1 N–H and O–H groups in total. The number of methoxy groups -OCH3 is 1. The minimum absolute atomic E-state index is 0.0994. The number of aryl methyl sites for hydroxylation is 1. The molecule has 1 heterocycles. The summed E-state index contributed by atoms with van der Waals surface area (Å²) in [5.41, 5.74) is 1.40. The third-order valence-corrected chi connectivity index (χ3v) is 3.30. The van der Waals surface area contributed by atoms with Crippen molar-refractivity contribution in [1.82, 2.24) is 4.90 Å². The second kappa shape index (κ2) is 6.95. The summed E-state index contributed by atoms with van der Waals surface area (Å²) < 4.78 is 10.5. The Morgan fingerprint density at radius 3 is 2.71 bits per heavy atom. The number of furan rings is 1. The van der Waals surface area contributed by atoms with Gasteiger partial charge in [-0.3, -0.25) is 4.79 Å². The van der Waals surface area contributed by atoms with E-state index in [0.29, 0.717) is 17.9 Å². The molecule has 0 fully saturated rings. The minimum atomic E-state index is -0.166. The fraction of sp³-hybridized carbons (Fsp3) is 0.312. The highest BCUT2D eigenvalue weighted by Gasteiger charge is 2.20. The molecule has 1 aromatic carbocycles. The second-order valence-corrected chi connectivity index (χ2v) is 4.65. The zero-order valence-corrected chi connectivity index (χ0v) is 12.2. The number of amides is 1. The van der Waals surface area contributed by atoms with Crippen molar-refractivity contribution in [2.75, 3.05) is 20.3 Å². The Balaban J connectivity index is 2.23. The molecule has 0 radical (unpaired) electrons. The summed E-state index contributed by atoms with van der Waals surface area (Å²) in [6.07, 6.45) is 1.49. The van der Waals surface area contributed by atoms with Crippen molar-refractivity contribution in [3.63, 3.8) is 0 Å². The molecule has 5 nitrogen and oxygen atoms in total. The maximum atomic E-state index is 12.5. The van der Waals surface area contributed by atoms with Gasteiger partial charge in [0.05, 0.1) is 25.5 Å². The number of aliphatic hydroxyl groups is 1. The van der Waals surface area contributed by atoms with Crippen LogP contribution in [0.25, 0.3) is 0 Å². The molecule has 5 heteroatoms. The summed E-state index contributed by atoms with van der Waals surface area (Å²) in [7, 11) is 1.59. The van der Waals surface area contributed by atoms with Gasteiger partial charge in [-0.05, 0) is 19.1 Å². The van der Waals surface area contributed by atoms with Gasteiger partial charge in [0.1, 0.15) is 11.5 Å². The lowest BCUT2D eigenvalue weighted by Gasteiger charge is -2.22. The van der Waals surface area contributed by atoms with Gasteiger partial charge in [0, 0.05) is 18.7 Å². The number of ether oxygens (including phenoxy) is 1. The Morgan fingerprint density at radius 1 is 1.33 bits per heavy atom. The zero-order valence-electron chi connectivity index (χ0n) is 12.2. The molecule has 112 valence electrons. The quantitative estimate of drug-likeness (QED) is 0.885. The summed E-state index contributed by atoms with van der Waals surface area (Å²) in [5.74, 6) is 1.13. The van der Waals surface area contributed by atoms with Crippen LogP contribution in [0.2, 0.25) is 0 Å². The van der Waals surface area contributed by atoms with Gasteiger partial charge in [0.15, 0.2) is 0 Å². The Labute approximate surface area is 123 Å². The van der Waals surface area contributed by atoms with Gasteiger partial charge in [0.25, 0.3) is 5.91 Å². The Hall–Kier alpha value is -2.27. The normalized spacial score (nSPS) is 10.4. The molecule has 2 rings (SSSR count). The fourth-order valence-electron chi connectivity index (χ4n) is 2.19. The lowest BCUT2D eigenvalue weighted by molar-refractivity contribution is 0.0705. The summed E-state index contributed by atoms with van der Waals surface area (Å²) in [4.78, 5) is 14.1. The molecular formula is C16H19NO4. The van der Waals surface area contributed by atoms with Crippen molar-refractivity contribution in [3.05, 3.63) is 53.5 Å². The molecule has 1 amide bonds. The molecule has 2 aromatic rings. The van der Waals surface area contributed by atoms with Crippen LogP contribution in [0.1, 0.15) is 21.7 Å². The van der Waals surface area contributed by atoms with Crippen LogP contribution >= 0.6 is 0 Å². The predicted molar refractivity (Wildman–Crippen MR) is 78.3 cm³/mol. The van der Waals surface area contributed by atoms with E-state index in [-0.39, 0.29) is 19.1 Å². The van der Waals surface area contributed by atoms with Crippen LogP contribution < -0.4 is 4.74 Å². The summed E-state index contributed by atoms with van der Waals surface area (Å²) in [5, 5.41) is 9.21. The van der Waals surface area contributed by atoms with Crippen LogP contribution in [-0.2, 0) is 6.54 Å². The minimum Gasteiger partial charge on any atom is -0.496 e. The first-order valence-electron chi connectivity index (χ1n) is 6.73. The topological polar surface area (TPSA) is 62.9 Å². The van der Waals surface area contributed by atoms with Gasteiger partial charge >= 0.3 is 0 Å². The first kappa shape index (κ1) is 15.1. The van der Waals surface area contributed by atoms with Crippen LogP contribution in [0, 0.1) is 6.92 Å². The molecular weight excluding hydrogens is 270 g/mol. The molecule has 0 aliphatic carbocycles. The number of aliphatic hydroxyl groups excluding tert-OH is 1. The lowest BCUT2D eigenvalue weighted by Crippen LogP contribution is -2.33. The largest absolute Gasteiger partial charge is 0.496 e. The van der Waals surface area contributed by atoms with E-state index in [1.807, 2.05) is 24.3 Å². The predicted octanol–water partition coefficient (Wildman–Crippen LogP) is 2.23. The Bertz CT molecular complexity index is 606. The molecule has 1 aromatic heterocycles. The second-order valence-electron chi connectivity index (χ2n) is 4.65. The SMILES string of the molecule is COc1ccccc1CN(CCO)C(=O)c1ccoc1C. The van der Waals surface area contributed by atoms with Crippen LogP contribution in [0.3, 0.4) is 0 Å². The van der Waals surface area contributed by atoms with Crippen molar-refractivity contribution >= 4 is 5.91 Å². The van der Waals surface area contributed by atoms with E-state index < -0.39 is 0 Å². The number of benzene rings is 1. The highest BCUT2D eigenvalue weighted by molar-refractivity contribution is 5.95. The monoisotopic (exact) mass is 289 g/mol. The van der Waals surface area contributed by atoms with E-state index in [0.717, 1.165) is 11.3 Å². The van der Waals surface area contributed by atoms with Crippen molar-refractivity contribution in [3.8, 4) is 5.75 Å². The first-order valence-corrected chi connectivity index (χ1v) is 6.73. The molecule has 0 saturated carbocycles. The van der Waals surface area contributed by atoms with E-state index in [2.05, 4.69) is 0 Å². The van der Waals surface area contributed by atoms with Gasteiger partial charge in [-0.25, -0.2) is 0 Å². The van der Waals surface area contributed by atoms with E-state index in [1.54, 1.807) is 25.0 Å². The molecule has 0 bridgehead atoms. The third-order valence-electron chi connectivity index (χ3n) is 3.30. The third kappa shape index (κ3) is 3.44. The number of rotatable bonds is 6. The average Bonchev–Trinajstić information content (AvgIpc) is 2.92. The maximum Gasteiger partial charge on any atom is 0.257 e. The molecule has 0 spiro atoms. The van der Waals surface area contributed by atoms with E-state index in [1.165, 1.54) is 6.26 Å². The molecule has 0 aliphatic heterocycles. The number of carbonyl (C=O) groups excluding carboxylic acids is 1. The number of nitrogens with zero attached hydrogens (tertiary/aromatic N) is 1. The van der Waals surface area contributed by atoms with Crippen LogP contribution in [0.5, 0.6) is 5.75 Å². The van der Waals surface area contributed by atoms with Gasteiger partial charge in [0.2, 0.25) is 0 Å². The first-order chi connectivity index (χ1) is 10.2. The highest BCUT2D eigenvalue weighted by Crippen LogP contribution is 2.21. The van der Waals surface area contributed by atoms with Crippen LogP contribution in [0.15, 0.2) is 41.0 Å². The van der Waals surface area contributed by atoms with Crippen molar-refractivity contribution in [2.45, 2.75) is 13.5 Å². The average molecular weight is 289 g/mol. The lowest BCUT2D eigenvalue weighted by atomic mass is 10.1. The molecule has 0 aliphatic rings. The maximum absolute atomic E-state index is 12.5. The molecule has 0 saturated heterocycles. The molecule has 0 atom stereocenters. The number of hydrogen-bond donors (Lipinski definition) is 1. The highest BCUT2D eigenvalue weighted by atomic mass is 16.5. The number of para-hydroxylation sites is 1. The van der Waals surface area contributed by atoms with Gasteiger partial charge in [-0.15, -0.1) is 0 Å². The fourth-order valence-corrected chi connectivity index (χ4v) is 2.19. The van der Waals surface area contributed by atoms with Crippen molar-refractivity contribution < 1.29 is 19.1 Å². The standard InChI is InChI=1S/C16H19NO4/c1-12-14(7-10-21-12)16(19)17(8-9-18)11-13-5-3-4-6-15(13)20-2/h3-7,10,18H,8-9,11H2,1-2H3. The van der Waals surface area contributed by atoms with E-state index >= 15 is 0 Å². The summed E-state index contributed by atoms with van der Waals surface area (Å²) >= 11 is 0. The Kier molecular flexibility index (Phi) is 5.00. The molecule has 0 unspecified atom stereocenters. The number of hydrogen-bond acceptors (Lipinski definition) is 4. The Morgan fingerprint density at radius 2 is 2.10 bits per heavy atom. The van der Waals surface area contributed by atoms with Crippen molar-refractivity contribution in [2.24, 2.45) is 0 Å².